The van der Waals surface area contributed by atoms with E-state index in [-0.39, 0.29) is 28.0 Å². The second-order valence-corrected chi connectivity index (χ2v) is 7.34. The lowest BCUT2D eigenvalue weighted by Crippen LogP contribution is -2.60. The number of phenols is 1. The lowest BCUT2D eigenvalue weighted by atomic mass is 9.99. The number of hydrogen-bond donors (Lipinski definition) is 5. The molecule has 0 saturated carbocycles. The van der Waals surface area contributed by atoms with E-state index in [1.165, 1.54) is 37.6 Å². The second-order valence-electron chi connectivity index (χ2n) is 7.34. The zero-order valence-corrected chi connectivity index (χ0v) is 16.9. The summed E-state index contributed by atoms with van der Waals surface area (Å²) in [5.41, 5.74) is 0.432. The van der Waals surface area contributed by atoms with E-state index in [9.17, 15) is 30.3 Å². The lowest BCUT2D eigenvalue weighted by Gasteiger charge is -2.39. The third kappa shape index (κ3) is 3.90. The number of rotatable bonds is 5. The highest BCUT2D eigenvalue weighted by atomic mass is 16.7. The van der Waals surface area contributed by atoms with Crippen LogP contribution in [0, 0.1) is 0 Å². The van der Waals surface area contributed by atoms with Gasteiger partial charge in [0.1, 0.15) is 58.9 Å². The van der Waals surface area contributed by atoms with Crippen LogP contribution in [-0.4, -0.2) is 70.0 Å². The molecule has 1 aliphatic heterocycles. The van der Waals surface area contributed by atoms with Crippen molar-refractivity contribution in [2.75, 3.05) is 13.7 Å². The summed E-state index contributed by atoms with van der Waals surface area (Å²) in [6.45, 7) is -0.569. The highest BCUT2D eigenvalue weighted by Gasteiger charge is 2.44. The van der Waals surface area contributed by atoms with Crippen molar-refractivity contribution in [3.05, 3.63) is 52.9 Å². The predicted molar refractivity (Wildman–Crippen MR) is 111 cm³/mol. The standard InChI is InChI=1S/C22H22O10/c1-29-12-6-14(24)17-15(7-12)30-9-13(18(17)25)10-2-4-11(5-3-10)31-22-21(28)20(27)19(26)16(8-23)32-22/h2-7,9,16,19-24,26-28H,8H2,1H3/t16?,19-,20?,21?,22+/m0/s1. The van der Waals surface area contributed by atoms with Crippen LogP contribution in [0.25, 0.3) is 22.1 Å². The van der Waals surface area contributed by atoms with E-state index in [0.29, 0.717) is 11.3 Å². The molecule has 1 fully saturated rings. The van der Waals surface area contributed by atoms with E-state index >= 15 is 0 Å². The van der Waals surface area contributed by atoms with Crippen LogP contribution < -0.4 is 14.9 Å². The summed E-state index contributed by atoms with van der Waals surface area (Å²) in [5.74, 6) is 0.328. The smallest absolute Gasteiger partial charge is 0.229 e. The summed E-state index contributed by atoms with van der Waals surface area (Å²) < 4.78 is 21.4. The number of benzene rings is 2. The fourth-order valence-electron chi connectivity index (χ4n) is 3.54. The highest BCUT2D eigenvalue weighted by molar-refractivity contribution is 5.88. The lowest BCUT2D eigenvalue weighted by molar-refractivity contribution is -0.277. The number of fused-ring (bicyclic) bond motifs is 1. The SMILES string of the molecule is COc1cc(O)c2c(=O)c(-c3ccc(O[C@@H]4OC(CO)[C@H](O)C(O)C4O)cc3)coc2c1. The maximum atomic E-state index is 12.9. The first-order chi connectivity index (χ1) is 15.3. The first-order valence-corrected chi connectivity index (χ1v) is 9.74. The molecule has 10 nitrogen and oxygen atoms in total. The maximum absolute atomic E-state index is 12.9. The largest absolute Gasteiger partial charge is 0.507 e. The van der Waals surface area contributed by atoms with Crippen LogP contribution >= 0.6 is 0 Å². The normalized spacial score (nSPS) is 25.6. The molecule has 32 heavy (non-hydrogen) atoms. The Balaban J connectivity index is 1.59. The van der Waals surface area contributed by atoms with Crippen LogP contribution in [0.3, 0.4) is 0 Å². The Kier molecular flexibility index (Phi) is 6.04. The Morgan fingerprint density at radius 2 is 1.72 bits per heavy atom. The summed E-state index contributed by atoms with van der Waals surface area (Å²) in [6, 6.07) is 8.97. The summed E-state index contributed by atoms with van der Waals surface area (Å²) >= 11 is 0. The van der Waals surface area contributed by atoms with Gasteiger partial charge in [-0.3, -0.25) is 4.79 Å². The number of aromatic hydroxyl groups is 1. The highest BCUT2D eigenvalue weighted by Crippen LogP contribution is 2.31. The average molecular weight is 446 g/mol. The van der Waals surface area contributed by atoms with Gasteiger partial charge in [0.05, 0.1) is 19.3 Å². The van der Waals surface area contributed by atoms with Crippen molar-refractivity contribution in [2.24, 2.45) is 0 Å². The Bertz CT molecular complexity index is 1150. The van der Waals surface area contributed by atoms with Gasteiger partial charge in [0.2, 0.25) is 11.7 Å². The van der Waals surface area contributed by atoms with E-state index in [2.05, 4.69) is 0 Å². The van der Waals surface area contributed by atoms with Crippen molar-refractivity contribution in [1.82, 2.24) is 0 Å². The molecular formula is C22H22O10. The van der Waals surface area contributed by atoms with E-state index in [0.717, 1.165) is 0 Å². The molecule has 170 valence electrons. The molecule has 10 heteroatoms. The average Bonchev–Trinajstić information content (AvgIpc) is 2.80. The van der Waals surface area contributed by atoms with E-state index in [1.54, 1.807) is 12.1 Å². The van der Waals surface area contributed by atoms with Gasteiger partial charge in [-0.15, -0.1) is 0 Å². The van der Waals surface area contributed by atoms with Crippen LogP contribution in [0.2, 0.25) is 0 Å². The molecule has 5 N–H and O–H groups in total. The molecule has 1 aromatic heterocycles. The molecular weight excluding hydrogens is 424 g/mol. The molecule has 3 aromatic rings. The summed E-state index contributed by atoms with van der Waals surface area (Å²) in [4.78, 5) is 12.9. The molecule has 0 radical (unpaired) electrons. The first-order valence-electron chi connectivity index (χ1n) is 9.74. The monoisotopic (exact) mass is 446 g/mol. The van der Waals surface area contributed by atoms with Crippen LogP contribution in [-0.2, 0) is 4.74 Å². The molecule has 0 spiro atoms. The van der Waals surface area contributed by atoms with Gasteiger partial charge in [0, 0.05) is 12.1 Å². The Hall–Kier alpha value is -3.15. The van der Waals surface area contributed by atoms with Gasteiger partial charge in [-0.05, 0) is 17.7 Å². The van der Waals surface area contributed by atoms with E-state index in [1.807, 2.05) is 0 Å². The minimum atomic E-state index is -1.56. The third-order valence-corrected chi connectivity index (χ3v) is 5.33. The van der Waals surface area contributed by atoms with Gasteiger partial charge in [0.15, 0.2) is 0 Å². The van der Waals surface area contributed by atoms with Gasteiger partial charge < -0.3 is 44.2 Å². The van der Waals surface area contributed by atoms with Crippen molar-refractivity contribution in [3.63, 3.8) is 0 Å². The topological polar surface area (TPSA) is 159 Å². The van der Waals surface area contributed by atoms with Crippen LogP contribution in [0.15, 0.2) is 51.9 Å². The molecule has 1 aliphatic rings. The van der Waals surface area contributed by atoms with E-state index < -0.39 is 42.7 Å². The first kappa shape index (κ1) is 22.1. The van der Waals surface area contributed by atoms with Crippen molar-refractivity contribution in [1.29, 1.82) is 0 Å². The predicted octanol–water partition coefficient (Wildman–Crippen LogP) is 0.353. The quantitative estimate of drug-likeness (QED) is 0.370. The van der Waals surface area contributed by atoms with Crippen molar-refractivity contribution >= 4 is 11.0 Å². The molecule has 1 saturated heterocycles. The summed E-state index contributed by atoms with van der Waals surface area (Å²) in [7, 11) is 1.43. The number of methoxy groups -OCH3 is 1. The molecule has 3 unspecified atom stereocenters. The van der Waals surface area contributed by atoms with Crippen molar-refractivity contribution < 1.29 is 44.2 Å². The van der Waals surface area contributed by atoms with Gasteiger partial charge in [-0.2, -0.15) is 0 Å². The molecule has 4 rings (SSSR count). The van der Waals surface area contributed by atoms with Gasteiger partial charge in [0.25, 0.3) is 0 Å². The molecule has 2 aromatic carbocycles. The minimum Gasteiger partial charge on any atom is -0.507 e. The Morgan fingerprint density at radius 3 is 2.38 bits per heavy atom. The number of hydrogen-bond acceptors (Lipinski definition) is 10. The van der Waals surface area contributed by atoms with Crippen LogP contribution in [0.5, 0.6) is 17.2 Å². The zero-order chi connectivity index (χ0) is 23.0. The fourth-order valence-corrected chi connectivity index (χ4v) is 3.54. The molecule has 0 bridgehead atoms. The van der Waals surface area contributed by atoms with Gasteiger partial charge >= 0.3 is 0 Å². The molecule has 0 amide bonds. The van der Waals surface area contributed by atoms with Crippen molar-refractivity contribution in [3.8, 4) is 28.4 Å². The zero-order valence-electron chi connectivity index (χ0n) is 16.9. The number of phenolic OH excluding ortho intramolecular Hbond substituents is 1. The number of aliphatic hydroxyl groups excluding tert-OH is 4. The van der Waals surface area contributed by atoms with Crippen LogP contribution in [0.4, 0.5) is 0 Å². The minimum absolute atomic E-state index is 0.0185. The van der Waals surface area contributed by atoms with E-state index in [4.69, 9.17) is 18.6 Å². The number of ether oxygens (including phenoxy) is 3. The summed E-state index contributed by atoms with van der Waals surface area (Å²) in [6.07, 6.45) is -5.73. The van der Waals surface area contributed by atoms with Gasteiger partial charge in [-0.25, -0.2) is 0 Å². The second kappa shape index (κ2) is 8.77. The van der Waals surface area contributed by atoms with Crippen molar-refractivity contribution in [2.45, 2.75) is 30.7 Å². The molecule has 2 heterocycles. The molecule has 5 atom stereocenters. The maximum Gasteiger partial charge on any atom is 0.229 e. The number of aliphatic hydroxyl groups is 4. The molecule has 0 aliphatic carbocycles. The van der Waals surface area contributed by atoms with Crippen LogP contribution in [0.1, 0.15) is 0 Å². The summed E-state index contributed by atoms with van der Waals surface area (Å²) in [5, 5.41) is 49.3. The Morgan fingerprint density at radius 1 is 1.00 bits per heavy atom. The van der Waals surface area contributed by atoms with Gasteiger partial charge in [-0.1, -0.05) is 12.1 Å². The third-order valence-electron chi connectivity index (χ3n) is 5.33. The fraction of sp³-hybridized carbons (Fsp3) is 0.318. The Labute approximate surface area is 181 Å².